The van der Waals surface area contributed by atoms with Gasteiger partial charge in [0.05, 0.1) is 12.5 Å². The number of ether oxygens (including phenoxy) is 1. The first kappa shape index (κ1) is 19.5. The first-order valence-corrected chi connectivity index (χ1v) is 8.77. The molecule has 2 aromatic carbocycles. The molecule has 0 fully saturated rings. The smallest absolute Gasteiger partial charge is 0.387 e. The van der Waals surface area contributed by atoms with E-state index in [0.29, 0.717) is 0 Å². The Bertz CT molecular complexity index is 881. The average molecular weight is 387 g/mol. The number of nitrogens with one attached hydrogen (secondary N) is 2. The highest BCUT2D eigenvalue weighted by Gasteiger charge is 2.23. The minimum atomic E-state index is -2.94. The molecule has 0 radical (unpaired) electrons. The maximum Gasteiger partial charge on any atom is 0.387 e. The molecular weight excluding hydrogens is 368 g/mol. The van der Waals surface area contributed by atoms with E-state index >= 15 is 0 Å². The predicted molar refractivity (Wildman–Crippen MR) is 99.3 cm³/mol. The van der Waals surface area contributed by atoms with Gasteiger partial charge < -0.3 is 4.74 Å². The third-order valence-corrected chi connectivity index (χ3v) is 4.27. The number of carbonyl (C=O) groups is 2. The van der Waals surface area contributed by atoms with Crippen LogP contribution < -0.4 is 15.4 Å². The molecule has 0 aromatic heterocycles. The highest BCUT2D eigenvalue weighted by molar-refractivity contribution is 6.10. The molecule has 0 bridgehead atoms. The van der Waals surface area contributed by atoms with Crippen LogP contribution in [0.3, 0.4) is 0 Å². The number of aliphatic imine (C=N–C) groups is 1. The summed E-state index contributed by atoms with van der Waals surface area (Å²) in [5, 5.41) is 5.07. The van der Waals surface area contributed by atoms with Gasteiger partial charge in [0.25, 0.3) is 5.91 Å². The van der Waals surface area contributed by atoms with Crippen molar-refractivity contribution in [1.82, 2.24) is 10.6 Å². The zero-order valence-electron chi connectivity index (χ0n) is 15.1. The standard InChI is InChI=1S/C20H19F2N3O3/c1-2-12-3-5-13(6-4-12)16-11-17(26)24-20(23-16)25-18(27)14-7-9-15(10-8-14)28-19(21)22/h3-10,16,19H,2,11H2,1H3,(H2,23,24,25,26,27)/t16-/m0/s1. The van der Waals surface area contributed by atoms with Crippen LogP contribution in [0.1, 0.15) is 40.9 Å². The third-order valence-electron chi connectivity index (χ3n) is 4.27. The van der Waals surface area contributed by atoms with E-state index in [1.807, 2.05) is 24.3 Å². The Morgan fingerprint density at radius 2 is 1.89 bits per heavy atom. The molecule has 28 heavy (non-hydrogen) atoms. The van der Waals surface area contributed by atoms with Crippen molar-refractivity contribution >= 4 is 17.8 Å². The molecule has 0 aliphatic carbocycles. The summed E-state index contributed by atoms with van der Waals surface area (Å²) in [6.45, 7) is -0.879. The second-order valence-electron chi connectivity index (χ2n) is 6.20. The molecule has 146 valence electrons. The number of aryl methyl sites for hydroxylation is 1. The summed E-state index contributed by atoms with van der Waals surface area (Å²) in [6, 6.07) is 12.6. The van der Waals surface area contributed by atoms with Gasteiger partial charge in [-0.1, -0.05) is 31.2 Å². The van der Waals surface area contributed by atoms with Gasteiger partial charge in [0.15, 0.2) is 0 Å². The van der Waals surface area contributed by atoms with Crippen molar-refractivity contribution in [2.45, 2.75) is 32.4 Å². The van der Waals surface area contributed by atoms with E-state index < -0.39 is 18.6 Å². The van der Waals surface area contributed by atoms with Crippen LogP contribution >= 0.6 is 0 Å². The van der Waals surface area contributed by atoms with Gasteiger partial charge in [-0.25, -0.2) is 4.99 Å². The number of alkyl halides is 2. The van der Waals surface area contributed by atoms with Gasteiger partial charge >= 0.3 is 6.61 Å². The quantitative estimate of drug-likeness (QED) is 0.827. The Hall–Kier alpha value is -3.29. The fraction of sp³-hybridized carbons (Fsp3) is 0.250. The third kappa shape index (κ3) is 4.91. The molecule has 0 saturated heterocycles. The highest BCUT2D eigenvalue weighted by atomic mass is 19.3. The number of benzene rings is 2. The molecule has 1 heterocycles. The van der Waals surface area contributed by atoms with Crippen molar-refractivity contribution < 1.29 is 23.1 Å². The molecule has 0 saturated carbocycles. The molecule has 1 atom stereocenters. The van der Waals surface area contributed by atoms with Crippen molar-refractivity contribution in [3.63, 3.8) is 0 Å². The van der Waals surface area contributed by atoms with Crippen molar-refractivity contribution in [1.29, 1.82) is 0 Å². The lowest BCUT2D eigenvalue weighted by Gasteiger charge is -2.21. The number of nitrogens with zero attached hydrogens (tertiary/aromatic N) is 1. The van der Waals surface area contributed by atoms with Gasteiger partial charge in [-0.2, -0.15) is 8.78 Å². The van der Waals surface area contributed by atoms with E-state index in [-0.39, 0.29) is 29.6 Å². The number of amides is 2. The van der Waals surface area contributed by atoms with Crippen LogP contribution in [0, 0.1) is 0 Å². The summed E-state index contributed by atoms with van der Waals surface area (Å²) in [7, 11) is 0. The first-order valence-electron chi connectivity index (χ1n) is 8.77. The van der Waals surface area contributed by atoms with E-state index in [0.717, 1.165) is 12.0 Å². The number of rotatable bonds is 5. The summed E-state index contributed by atoms with van der Waals surface area (Å²) in [5.41, 5.74) is 2.28. The monoisotopic (exact) mass is 387 g/mol. The zero-order chi connectivity index (χ0) is 20.1. The Balaban J connectivity index is 1.71. The summed E-state index contributed by atoms with van der Waals surface area (Å²) < 4.78 is 28.6. The second-order valence-corrected chi connectivity index (χ2v) is 6.20. The van der Waals surface area contributed by atoms with E-state index in [2.05, 4.69) is 27.3 Å². The minimum Gasteiger partial charge on any atom is -0.435 e. The van der Waals surface area contributed by atoms with E-state index in [1.165, 1.54) is 29.8 Å². The maximum absolute atomic E-state index is 12.3. The van der Waals surface area contributed by atoms with Crippen molar-refractivity contribution in [3.8, 4) is 5.75 Å². The Morgan fingerprint density at radius 3 is 2.50 bits per heavy atom. The summed E-state index contributed by atoms with van der Waals surface area (Å²) >= 11 is 0. The van der Waals surface area contributed by atoms with Gasteiger partial charge in [-0.15, -0.1) is 0 Å². The molecule has 0 unspecified atom stereocenters. The van der Waals surface area contributed by atoms with Gasteiger partial charge in [-0.05, 0) is 41.8 Å². The molecule has 2 amide bonds. The minimum absolute atomic E-state index is 0.0505. The Labute approximate surface area is 160 Å². The summed E-state index contributed by atoms with van der Waals surface area (Å²) in [6.07, 6.45) is 1.10. The van der Waals surface area contributed by atoms with Crippen LogP contribution in [-0.4, -0.2) is 24.4 Å². The largest absolute Gasteiger partial charge is 0.435 e. The number of halogens is 2. The number of hydrogen-bond donors (Lipinski definition) is 2. The van der Waals surface area contributed by atoms with E-state index in [1.54, 1.807) is 0 Å². The molecule has 1 aliphatic rings. The van der Waals surface area contributed by atoms with Crippen LogP contribution in [0.5, 0.6) is 5.75 Å². The fourth-order valence-corrected chi connectivity index (χ4v) is 2.79. The van der Waals surface area contributed by atoms with Crippen molar-refractivity contribution in [3.05, 3.63) is 65.2 Å². The SMILES string of the molecule is CCc1ccc([C@@H]2CC(=O)NC(NC(=O)c3ccc(OC(F)F)cc3)=N2)cc1. The molecule has 0 spiro atoms. The van der Waals surface area contributed by atoms with Gasteiger partial charge in [-0.3, -0.25) is 20.2 Å². The van der Waals surface area contributed by atoms with E-state index in [9.17, 15) is 18.4 Å². The van der Waals surface area contributed by atoms with Crippen LogP contribution in [-0.2, 0) is 11.2 Å². The molecule has 3 rings (SSSR count). The number of hydrogen-bond acceptors (Lipinski definition) is 4. The molecule has 2 N–H and O–H groups in total. The Kier molecular flexibility index (Phi) is 5.98. The van der Waals surface area contributed by atoms with Gasteiger partial charge in [0.2, 0.25) is 11.9 Å². The molecule has 8 heteroatoms. The van der Waals surface area contributed by atoms with Gasteiger partial charge in [0, 0.05) is 5.56 Å². The van der Waals surface area contributed by atoms with Crippen LogP contribution in [0.25, 0.3) is 0 Å². The molecule has 1 aliphatic heterocycles. The highest BCUT2D eigenvalue weighted by Crippen LogP contribution is 2.24. The van der Waals surface area contributed by atoms with Crippen LogP contribution in [0.2, 0.25) is 0 Å². The summed E-state index contributed by atoms with van der Waals surface area (Å²) in [5.74, 6) is -0.774. The topological polar surface area (TPSA) is 79.8 Å². The lowest BCUT2D eigenvalue weighted by atomic mass is 10.0. The zero-order valence-corrected chi connectivity index (χ0v) is 15.1. The number of carbonyl (C=O) groups excluding carboxylic acids is 2. The normalized spacial score (nSPS) is 16.4. The lowest BCUT2D eigenvalue weighted by Crippen LogP contribution is -2.47. The fourth-order valence-electron chi connectivity index (χ4n) is 2.79. The maximum atomic E-state index is 12.3. The predicted octanol–water partition coefficient (Wildman–Crippen LogP) is 3.20. The first-order chi connectivity index (χ1) is 13.4. The molecule has 2 aromatic rings. The van der Waals surface area contributed by atoms with Crippen LogP contribution in [0.4, 0.5) is 8.78 Å². The number of guanidine groups is 1. The van der Waals surface area contributed by atoms with Crippen molar-refractivity contribution in [2.24, 2.45) is 4.99 Å². The molecule has 6 nitrogen and oxygen atoms in total. The van der Waals surface area contributed by atoms with E-state index in [4.69, 9.17) is 0 Å². The second kappa shape index (κ2) is 8.60. The molecular formula is C20H19F2N3O3. The summed E-state index contributed by atoms with van der Waals surface area (Å²) in [4.78, 5) is 28.8. The lowest BCUT2D eigenvalue weighted by molar-refractivity contribution is -0.120. The van der Waals surface area contributed by atoms with Gasteiger partial charge in [0.1, 0.15) is 5.75 Å². The van der Waals surface area contributed by atoms with Crippen LogP contribution in [0.15, 0.2) is 53.5 Å². The Morgan fingerprint density at radius 1 is 1.21 bits per heavy atom. The average Bonchev–Trinajstić information content (AvgIpc) is 2.67. The van der Waals surface area contributed by atoms with Crippen molar-refractivity contribution in [2.75, 3.05) is 0 Å².